The molecule has 0 aromatic carbocycles. The number of carbonyl (C=O) groups is 1. The van der Waals surface area contributed by atoms with E-state index in [1.54, 1.807) is 6.92 Å². The van der Waals surface area contributed by atoms with E-state index in [4.69, 9.17) is 39.3 Å². The second kappa shape index (κ2) is 31.7. The first kappa shape index (κ1) is 32.4. The van der Waals surface area contributed by atoms with Gasteiger partial charge in [-0.2, -0.15) is 0 Å². The van der Waals surface area contributed by atoms with Gasteiger partial charge in [0.15, 0.2) is 0 Å². The predicted molar refractivity (Wildman–Crippen MR) is 78.2 cm³/mol. The zero-order chi connectivity index (χ0) is 18.3. The number of aliphatic hydroxyl groups excluding tert-OH is 3. The summed E-state index contributed by atoms with van der Waals surface area (Å²) in [6.45, 7) is 8.65. The van der Waals surface area contributed by atoms with Crippen molar-refractivity contribution in [1.29, 1.82) is 0 Å². The van der Waals surface area contributed by atoms with E-state index in [0.717, 1.165) is 13.2 Å². The zero-order valence-electron chi connectivity index (χ0n) is 13.0. The summed E-state index contributed by atoms with van der Waals surface area (Å²) < 4.78 is 13.7. The Morgan fingerprint density at radius 1 is 1.00 bits per heavy atom. The number of aliphatic hydroxyl groups is 3. The van der Waals surface area contributed by atoms with Crippen LogP contribution in [0.15, 0.2) is 0 Å². The van der Waals surface area contributed by atoms with Crippen LogP contribution in [0.5, 0.6) is 0 Å². The van der Waals surface area contributed by atoms with Crippen molar-refractivity contribution in [2.75, 3.05) is 33.0 Å². The average Bonchev–Trinajstić information content (AvgIpc) is 2.28. The number of amides is 1. The summed E-state index contributed by atoms with van der Waals surface area (Å²) in [5.41, 5.74) is 4.47. The highest BCUT2D eigenvalue weighted by Crippen LogP contribution is 2.25. The largest absolute Gasteiger partial charge is 0.466 e. The summed E-state index contributed by atoms with van der Waals surface area (Å²) in [7, 11) is -4.64. The molecule has 1 amide bonds. The SMILES string of the molecule is CC(N)=O.CCO.CCOCC.O=P(O)(O)O.OCCO. The van der Waals surface area contributed by atoms with Gasteiger partial charge in [0.05, 0.1) is 13.2 Å². The van der Waals surface area contributed by atoms with Crippen molar-refractivity contribution in [2.45, 2.75) is 27.7 Å². The van der Waals surface area contributed by atoms with Gasteiger partial charge in [-0.15, -0.1) is 0 Å². The van der Waals surface area contributed by atoms with Crippen LogP contribution in [0.2, 0.25) is 0 Å². The Morgan fingerprint density at radius 2 is 1.14 bits per heavy atom. The highest BCUT2D eigenvalue weighted by Gasteiger charge is 2.00. The molecule has 0 aliphatic heterocycles. The van der Waals surface area contributed by atoms with Gasteiger partial charge in [-0.25, -0.2) is 4.57 Å². The van der Waals surface area contributed by atoms with Crippen LogP contribution >= 0.6 is 7.82 Å². The molecule has 0 saturated carbocycles. The molecule has 0 aliphatic carbocycles. The summed E-state index contributed by atoms with van der Waals surface area (Å²) in [5.74, 6) is -0.333. The zero-order valence-corrected chi connectivity index (χ0v) is 13.9. The monoisotopic (exact) mass is 339 g/mol. The number of ether oxygens (including phenoxy) is 1. The third kappa shape index (κ3) is 1010. The van der Waals surface area contributed by atoms with Crippen LogP contribution in [-0.4, -0.2) is 68.9 Å². The Labute approximate surface area is 125 Å². The molecule has 11 heteroatoms. The molecule has 0 spiro atoms. The first-order valence-corrected chi connectivity index (χ1v) is 7.49. The Bertz CT molecular complexity index is 194. The van der Waals surface area contributed by atoms with Gasteiger partial charge in [0, 0.05) is 26.7 Å². The van der Waals surface area contributed by atoms with Gasteiger partial charge in [-0.3, -0.25) is 4.79 Å². The highest BCUT2D eigenvalue weighted by atomic mass is 31.2. The highest BCUT2D eigenvalue weighted by molar-refractivity contribution is 7.45. The maximum Gasteiger partial charge on any atom is 0.466 e. The fourth-order valence-corrected chi connectivity index (χ4v) is 0.204. The van der Waals surface area contributed by atoms with Gasteiger partial charge in [0.25, 0.3) is 0 Å². The fourth-order valence-electron chi connectivity index (χ4n) is 0.204. The molecule has 0 atom stereocenters. The normalized spacial score (nSPS) is 8.29. The van der Waals surface area contributed by atoms with Gasteiger partial charge < -0.3 is 40.5 Å². The molecule has 0 unspecified atom stereocenters. The second-order valence-corrected chi connectivity index (χ2v) is 3.70. The number of rotatable bonds is 3. The lowest BCUT2D eigenvalue weighted by molar-refractivity contribution is -0.115. The molecule has 0 aromatic heterocycles. The summed E-state index contributed by atoms with van der Waals surface area (Å²) in [5, 5.41) is 22.8. The number of phosphoric acid groups is 1. The number of primary amides is 1. The van der Waals surface area contributed by atoms with Crippen molar-refractivity contribution in [1.82, 2.24) is 0 Å². The molecule has 8 N–H and O–H groups in total. The van der Waals surface area contributed by atoms with Crippen LogP contribution in [0.3, 0.4) is 0 Å². The van der Waals surface area contributed by atoms with Crippen molar-refractivity contribution >= 4 is 13.7 Å². The van der Waals surface area contributed by atoms with E-state index in [1.807, 2.05) is 13.8 Å². The maximum absolute atomic E-state index is 9.22. The summed E-state index contributed by atoms with van der Waals surface area (Å²) >= 11 is 0. The number of hydrogen-bond donors (Lipinski definition) is 7. The topological polar surface area (TPSA) is 191 Å². The number of carbonyl (C=O) groups excluding carboxylic acids is 1. The van der Waals surface area contributed by atoms with E-state index >= 15 is 0 Å². The Balaban J connectivity index is -0.0000000514. The van der Waals surface area contributed by atoms with Gasteiger partial charge >= 0.3 is 7.82 Å². The lowest BCUT2D eigenvalue weighted by atomic mass is 10.8. The van der Waals surface area contributed by atoms with Crippen molar-refractivity contribution < 1.29 is 44.1 Å². The van der Waals surface area contributed by atoms with E-state index < -0.39 is 7.82 Å². The first-order chi connectivity index (χ1) is 9.47. The molecule has 0 heterocycles. The summed E-state index contributed by atoms with van der Waals surface area (Å²) in [4.78, 5) is 30.8. The predicted octanol–water partition coefficient (Wildman–Crippen LogP) is -1.42. The van der Waals surface area contributed by atoms with Crippen LogP contribution < -0.4 is 5.73 Å². The minimum atomic E-state index is -4.64. The lowest BCUT2D eigenvalue weighted by Gasteiger charge is -1.86. The minimum Gasteiger partial charge on any atom is -0.397 e. The molecule has 21 heavy (non-hydrogen) atoms. The van der Waals surface area contributed by atoms with Crippen LogP contribution in [-0.2, 0) is 14.1 Å². The molecule has 0 fully saturated rings. The van der Waals surface area contributed by atoms with Crippen molar-refractivity contribution in [2.24, 2.45) is 5.73 Å². The molecule has 134 valence electrons. The smallest absolute Gasteiger partial charge is 0.397 e. The molecule has 10 nitrogen and oxygen atoms in total. The Morgan fingerprint density at radius 3 is 1.14 bits per heavy atom. The summed E-state index contributed by atoms with van der Waals surface area (Å²) in [6, 6.07) is 0. The maximum atomic E-state index is 9.22. The third-order valence-corrected chi connectivity index (χ3v) is 0.508. The lowest BCUT2D eigenvalue weighted by Crippen LogP contribution is -2.01. The Hall–Kier alpha value is -0.580. The van der Waals surface area contributed by atoms with E-state index in [2.05, 4.69) is 5.73 Å². The molecular weight excluding hydrogens is 309 g/mol. The molecule has 0 radical (unpaired) electrons. The Kier molecular flexibility index (Phi) is 48.9. The van der Waals surface area contributed by atoms with E-state index in [-0.39, 0.29) is 25.7 Å². The van der Waals surface area contributed by atoms with Crippen molar-refractivity contribution in [3.05, 3.63) is 0 Å². The minimum absolute atomic E-state index is 0.125. The van der Waals surface area contributed by atoms with Gasteiger partial charge in [0.1, 0.15) is 0 Å². The van der Waals surface area contributed by atoms with Crippen LogP contribution in [0, 0.1) is 0 Å². The van der Waals surface area contributed by atoms with Gasteiger partial charge in [-0.1, -0.05) is 0 Å². The molecule has 0 aromatic rings. The standard InChI is InChI=1S/C4H10O.C2H5NO.C2H6O2.C2H6O.H3O4P/c1-3-5-4-2;1-2(3)4;3-1-2-4;1-2-3;1-5(2,3)4/h3-4H2,1-2H3;1H3,(H2,3,4);3-4H,1-2H2;3H,2H2,1H3;(H3,1,2,3,4). The fraction of sp³-hybridized carbons (Fsp3) is 0.900. The third-order valence-electron chi connectivity index (χ3n) is 0.508. The quantitative estimate of drug-likeness (QED) is 0.302. The number of hydrogen-bond acceptors (Lipinski definition) is 6. The van der Waals surface area contributed by atoms with Gasteiger partial charge in [0.2, 0.25) is 5.91 Å². The second-order valence-electron chi connectivity index (χ2n) is 2.67. The molecule has 0 aliphatic rings. The van der Waals surface area contributed by atoms with Crippen molar-refractivity contribution in [3.63, 3.8) is 0 Å². The van der Waals surface area contributed by atoms with Crippen LogP contribution in [0.4, 0.5) is 0 Å². The molecule has 0 bridgehead atoms. The van der Waals surface area contributed by atoms with Gasteiger partial charge in [-0.05, 0) is 20.8 Å². The number of nitrogens with two attached hydrogens (primary N) is 1. The van der Waals surface area contributed by atoms with E-state index in [0.29, 0.717) is 0 Å². The average molecular weight is 339 g/mol. The van der Waals surface area contributed by atoms with Crippen LogP contribution in [0.25, 0.3) is 0 Å². The first-order valence-electron chi connectivity index (χ1n) is 5.92. The van der Waals surface area contributed by atoms with Crippen molar-refractivity contribution in [3.8, 4) is 0 Å². The van der Waals surface area contributed by atoms with E-state index in [9.17, 15) is 4.79 Å². The summed E-state index contributed by atoms with van der Waals surface area (Å²) in [6.07, 6.45) is 0. The molecule has 0 saturated heterocycles. The van der Waals surface area contributed by atoms with E-state index in [1.165, 1.54) is 6.92 Å². The molecule has 0 rings (SSSR count). The molecular formula is C10H30NO9P. The van der Waals surface area contributed by atoms with Crippen LogP contribution in [0.1, 0.15) is 27.7 Å².